The van der Waals surface area contributed by atoms with E-state index in [-0.39, 0.29) is 26.1 Å². The molecule has 0 saturated heterocycles. The van der Waals surface area contributed by atoms with Crippen molar-refractivity contribution in [2.45, 2.75) is 32.1 Å². The molecule has 1 radical (unpaired) electrons. The van der Waals surface area contributed by atoms with Crippen LogP contribution in [0.2, 0.25) is 0 Å². The molecule has 26 heavy (non-hydrogen) atoms. The highest BCUT2D eigenvalue weighted by atomic mass is 16.6. The van der Waals surface area contributed by atoms with Gasteiger partial charge >= 0.3 is 12.1 Å². The minimum atomic E-state index is -0.969. The fourth-order valence-electron chi connectivity index (χ4n) is 2.19. The van der Waals surface area contributed by atoms with Gasteiger partial charge < -0.3 is 14.8 Å². The highest BCUT2D eigenvalue weighted by Crippen LogP contribution is 2.06. The van der Waals surface area contributed by atoms with Crippen molar-refractivity contribution in [3.63, 3.8) is 0 Å². The molecule has 2 rings (SSSR count). The van der Waals surface area contributed by atoms with E-state index < -0.39 is 18.1 Å². The van der Waals surface area contributed by atoms with Crippen molar-refractivity contribution in [3.8, 4) is 0 Å². The molecule has 2 aromatic carbocycles. The van der Waals surface area contributed by atoms with Gasteiger partial charge in [0.2, 0.25) is 0 Å². The number of hydrogen-bond donors (Lipinski definition) is 1. The molecule has 0 heterocycles. The molecule has 135 valence electrons. The molecule has 6 nitrogen and oxygen atoms in total. The molecule has 0 aliphatic rings. The van der Waals surface area contributed by atoms with Crippen molar-refractivity contribution >= 4 is 18.3 Å². The number of ether oxygens (including phenoxy) is 2. The fraction of sp³-hybridized carbons (Fsp3) is 0.250. The summed E-state index contributed by atoms with van der Waals surface area (Å²) in [4.78, 5) is 34.6. The lowest BCUT2D eigenvalue weighted by Crippen LogP contribution is -2.42. The van der Waals surface area contributed by atoms with Crippen LogP contribution < -0.4 is 5.32 Å². The number of carbonyl (C=O) groups is 2. The smallest absolute Gasteiger partial charge is 0.408 e. The van der Waals surface area contributed by atoms with Gasteiger partial charge in [0.15, 0.2) is 6.29 Å². The SMILES string of the molecule is O=[C]CC[C@H](NC(=O)OCc1ccccc1)C(=O)OCc1ccccc1. The molecule has 0 aliphatic carbocycles. The van der Waals surface area contributed by atoms with E-state index in [0.29, 0.717) is 0 Å². The van der Waals surface area contributed by atoms with E-state index in [1.165, 1.54) is 0 Å². The number of rotatable bonds is 9. The van der Waals surface area contributed by atoms with E-state index in [2.05, 4.69) is 5.32 Å². The molecule has 0 unspecified atom stereocenters. The molecule has 0 spiro atoms. The Bertz CT molecular complexity index is 703. The minimum Gasteiger partial charge on any atom is -0.459 e. The number of benzene rings is 2. The Labute approximate surface area is 152 Å². The summed E-state index contributed by atoms with van der Waals surface area (Å²) < 4.78 is 10.3. The Morgan fingerprint density at radius 3 is 1.96 bits per heavy atom. The van der Waals surface area contributed by atoms with Crippen LogP contribution in [-0.2, 0) is 32.3 Å². The maximum atomic E-state index is 12.2. The first-order valence-electron chi connectivity index (χ1n) is 8.22. The lowest BCUT2D eigenvalue weighted by Gasteiger charge is -2.16. The maximum absolute atomic E-state index is 12.2. The quantitative estimate of drug-likeness (QED) is 0.700. The number of carbonyl (C=O) groups excluding carboxylic acids is 3. The Hall–Kier alpha value is -3.15. The maximum Gasteiger partial charge on any atom is 0.408 e. The highest BCUT2D eigenvalue weighted by molar-refractivity contribution is 5.81. The van der Waals surface area contributed by atoms with E-state index in [4.69, 9.17) is 9.47 Å². The van der Waals surface area contributed by atoms with Gasteiger partial charge in [-0.1, -0.05) is 60.7 Å². The third kappa shape index (κ3) is 6.76. The summed E-state index contributed by atoms with van der Waals surface area (Å²) in [5, 5.41) is 2.44. The molecule has 1 atom stereocenters. The van der Waals surface area contributed by atoms with E-state index in [1.807, 2.05) is 60.7 Å². The van der Waals surface area contributed by atoms with Gasteiger partial charge in [-0.05, 0) is 17.5 Å². The molecule has 0 fully saturated rings. The Morgan fingerprint density at radius 1 is 0.885 bits per heavy atom. The van der Waals surface area contributed by atoms with Crippen LogP contribution in [0.5, 0.6) is 0 Å². The van der Waals surface area contributed by atoms with Crippen molar-refractivity contribution in [2.24, 2.45) is 0 Å². The molecule has 6 heteroatoms. The molecule has 0 aromatic heterocycles. The van der Waals surface area contributed by atoms with Crippen LogP contribution in [0.15, 0.2) is 60.7 Å². The molecule has 0 aliphatic heterocycles. The van der Waals surface area contributed by atoms with Gasteiger partial charge in [0.25, 0.3) is 0 Å². The lowest BCUT2D eigenvalue weighted by molar-refractivity contribution is -0.147. The third-order valence-corrected chi connectivity index (χ3v) is 3.55. The van der Waals surface area contributed by atoms with Gasteiger partial charge in [-0.3, -0.25) is 4.79 Å². The molecular weight excluding hydrogens is 334 g/mol. The van der Waals surface area contributed by atoms with Crippen LogP contribution in [0.4, 0.5) is 4.79 Å². The van der Waals surface area contributed by atoms with Gasteiger partial charge in [0.1, 0.15) is 19.3 Å². The van der Waals surface area contributed by atoms with Crippen molar-refractivity contribution in [1.82, 2.24) is 5.32 Å². The van der Waals surface area contributed by atoms with Crippen LogP contribution in [0.3, 0.4) is 0 Å². The van der Waals surface area contributed by atoms with E-state index in [0.717, 1.165) is 11.1 Å². The van der Waals surface area contributed by atoms with Gasteiger partial charge in [-0.15, -0.1) is 0 Å². The van der Waals surface area contributed by atoms with Gasteiger partial charge in [-0.25, -0.2) is 9.59 Å². The van der Waals surface area contributed by atoms with Crippen LogP contribution in [0, 0.1) is 0 Å². The summed E-state index contributed by atoms with van der Waals surface area (Å²) in [6, 6.07) is 17.4. The summed E-state index contributed by atoms with van der Waals surface area (Å²) in [5.41, 5.74) is 1.65. The number of hydrogen-bond acceptors (Lipinski definition) is 5. The third-order valence-electron chi connectivity index (χ3n) is 3.55. The van der Waals surface area contributed by atoms with Crippen LogP contribution >= 0.6 is 0 Å². The predicted molar refractivity (Wildman–Crippen MR) is 94.7 cm³/mol. The molecule has 0 bridgehead atoms. The molecular formula is C20H20NO5. The van der Waals surface area contributed by atoms with Gasteiger partial charge in [0, 0.05) is 6.42 Å². The average molecular weight is 354 g/mol. The zero-order valence-corrected chi connectivity index (χ0v) is 14.2. The van der Waals surface area contributed by atoms with Crippen molar-refractivity contribution in [3.05, 3.63) is 71.8 Å². The first-order valence-corrected chi connectivity index (χ1v) is 8.22. The molecule has 1 amide bonds. The molecule has 2 aromatic rings. The first kappa shape index (κ1) is 19.2. The Morgan fingerprint density at radius 2 is 1.42 bits per heavy atom. The van der Waals surface area contributed by atoms with Crippen LogP contribution in [0.1, 0.15) is 24.0 Å². The van der Waals surface area contributed by atoms with Crippen LogP contribution in [-0.4, -0.2) is 24.4 Å². The highest BCUT2D eigenvalue weighted by Gasteiger charge is 2.23. The van der Waals surface area contributed by atoms with Crippen LogP contribution in [0.25, 0.3) is 0 Å². The van der Waals surface area contributed by atoms with E-state index >= 15 is 0 Å². The summed E-state index contributed by atoms with van der Waals surface area (Å²) in [6.45, 7) is 0.167. The average Bonchev–Trinajstić information content (AvgIpc) is 2.69. The van der Waals surface area contributed by atoms with E-state index in [9.17, 15) is 14.4 Å². The Kier molecular flexibility index (Phi) is 7.86. The number of alkyl carbamates (subject to hydrolysis) is 1. The van der Waals surface area contributed by atoms with Gasteiger partial charge in [-0.2, -0.15) is 0 Å². The monoisotopic (exact) mass is 354 g/mol. The van der Waals surface area contributed by atoms with Gasteiger partial charge in [0.05, 0.1) is 0 Å². The van der Waals surface area contributed by atoms with Crippen molar-refractivity contribution < 1.29 is 23.9 Å². The molecule has 1 N–H and O–H groups in total. The zero-order valence-electron chi connectivity index (χ0n) is 14.2. The largest absolute Gasteiger partial charge is 0.459 e. The second-order valence-electron chi connectivity index (χ2n) is 5.53. The van der Waals surface area contributed by atoms with E-state index in [1.54, 1.807) is 6.29 Å². The summed E-state index contributed by atoms with van der Waals surface area (Å²) in [7, 11) is 0. The fourth-order valence-corrected chi connectivity index (χ4v) is 2.19. The zero-order chi connectivity index (χ0) is 18.6. The number of amides is 1. The second kappa shape index (κ2) is 10.7. The normalized spacial score (nSPS) is 11.2. The topological polar surface area (TPSA) is 81.7 Å². The second-order valence-corrected chi connectivity index (χ2v) is 5.53. The van der Waals surface area contributed by atoms with Crippen molar-refractivity contribution in [2.75, 3.05) is 0 Å². The Balaban J connectivity index is 1.85. The molecule has 0 saturated carbocycles. The van der Waals surface area contributed by atoms with Crippen molar-refractivity contribution in [1.29, 1.82) is 0 Å². The number of nitrogens with one attached hydrogen (secondary N) is 1. The standard InChI is InChI=1S/C20H20NO5/c22-13-7-12-18(19(23)25-14-16-8-3-1-4-9-16)21-20(24)26-15-17-10-5-2-6-11-17/h1-6,8-11,18H,7,12,14-15H2,(H,21,24)/t18-/m0/s1. The minimum absolute atomic E-state index is 0.00404. The first-order chi connectivity index (χ1) is 12.7. The summed E-state index contributed by atoms with van der Waals surface area (Å²) >= 11 is 0. The summed E-state index contributed by atoms with van der Waals surface area (Å²) in [6.07, 6.45) is 1.06. The predicted octanol–water partition coefficient (Wildman–Crippen LogP) is 2.91. The summed E-state index contributed by atoms with van der Waals surface area (Å²) in [5.74, 6) is -0.624. The lowest BCUT2D eigenvalue weighted by atomic mass is 10.1. The number of esters is 1.